The number of allylic oxidation sites excluding steroid dienone is 12. The molecule has 2 aliphatic heterocycles. The van der Waals surface area contributed by atoms with Gasteiger partial charge in [0.15, 0.2) is 12.2 Å². The van der Waals surface area contributed by atoms with E-state index in [1.54, 1.807) is 94.5 Å². The molecule has 2 bridgehead atoms. The van der Waals surface area contributed by atoms with Gasteiger partial charge in [0.05, 0.1) is 42.5 Å². The van der Waals surface area contributed by atoms with Gasteiger partial charge in [-0.3, -0.25) is 0 Å². The van der Waals surface area contributed by atoms with E-state index < -0.39 is 85.1 Å². The molecule has 1 fully saturated rings. The highest BCUT2D eigenvalue weighted by atomic mass is 16.7. The molecule has 0 aromatic carbocycles. The maximum absolute atomic E-state index is 12.9. The molecule has 60 heavy (non-hydrogen) atoms. The van der Waals surface area contributed by atoms with E-state index in [9.17, 15) is 35.4 Å². The van der Waals surface area contributed by atoms with Crippen molar-refractivity contribution in [2.24, 2.45) is 17.8 Å². The van der Waals surface area contributed by atoms with Crippen LogP contribution in [0.5, 0.6) is 0 Å². The minimum atomic E-state index is -1.25. The lowest BCUT2D eigenvalue weighted by Crippen LogP contribution is -2.58. The third kappa shape index (κ3) is 16.4. The lowest BCUT2D eigenvalue weighted by molar-refractivity contribution is -0.305. The van der Waals surface area contributed by atoms with Crippen molar-refractivity contribution in [1.82, 2.24) is 4.98 Å². The number of methoxy groups -OCH3 is 1. The second kappa shape index (κ2) is 25.7. The molecule has 0 amide bonds. The molecule has 15 atom stereocenters. The first kappa shape index (κ1) is 50.3. The van der Waals surface area contributed by atoms with E-state index in [2.05, 4.69) is 4.98 Å². The molecule has 0 aliphatic carbocycles. The molecule has 13 nitrogen and oxygen atoms in total. The van der Waals surface area contributed by atoms with Crippen molar-refractivity contribution in [2.45, 2.75) is 135 Å². The summed E-state index contributed by atoms with van der Waals surface area (Å²) in [6.45, 7) is 12.6. The number of fused-ring (bicyclic) bond motifs is 2. The topological polar surface area (TPSA) is 201 Å². The highest BCUT2D eigenvalue weighted by Crippen LogP contribution is 2.28. The van der Waals surface area contributed by atoms with Gasteiger partial charge in [-0.1, -0.05) is 124 Å². The Morgan fingerprint density at radius 1 is 0.817 bits per heavy atom. The van der Waals surface area contributed by atoms with Gasteiger partial charge >= 0.3 is 5.97 Å². The molecule has 0 radical (unpaired) electrons. The van der Waals surface area contributed by atoms with E-state index in [4.69, 9.17) is 23.4 Å². The van der Waals surface area contributed by atoms with E-state index in [0.717, 1.165) is 5.57 Å². The Bertz CT molecular complexity index is 1720. The Labute approximate surface area is 355 Å². The van der Waals surface area contributed by atoms with Gasteiger partial charge in [0, 0.05) is 37.4 Å². The number of hydrogen-bond donors (Lipinski definition) is 6. The fourth-order valence-electron chi connectivity index (χ4n) is 6.85. The molecule has 332 valence electrons. The first-order valence-electron chi connectivity index (χ1n) is 20.7. The number of aliphatic hydroxyl groups excluding tert-OH is 6. The highest BCUT2D eigenvalue weighted by molar-refractivity contribution is 5.82. The van der Waals surface area contributed by atoms with Gasteiger partial charge < -0.3 is 54.0 Å². The third-order valence-electron chi connectivity index (χ3n) is 10.5. The molecule has 3 rings (SSSR count). The van der Waals surface area contributed by atoms with E-state index in [0.29, 0.717) is 11.6 Å². The second-order valence-corrected chi connectivity index (χ2v) is 15.8. The number of rotatable bonds is 7. The van der Waals surface area contributed by atoms with Crippen LogP contribution in [0.2, 0.25) is 0 Å². The first-order valence-corrected chi connectivity index (χ1v) is 20.7. The van der Waals surface area contributed by atoms with E-state index in [1.807, 2.05) is 51.2 Å². The fraction of sp³-hybridized carbons (Fsp3) is 0.532. The van der Waals surface area contributed by atoms with Crippen molar-refractivity contribution in [2.75, 3.05) is 7.11 Å². The molecular weight excluding hydrogens is 771 g/mol. The number of cyclic esters (lactones) is 1. The molecule has 1 aromatic heterocycles. The molecule has 1 aromatic rings. The van der Waals surface area contributed by atoms with Gasteiger partial charge in [-0.05, 0) is 33.3 Å². The molecule has 2 aliphatic rings. The number of esters is 1. The van der Waals surface area contributed by atoms with Crippen molar-refractivity contribution in [3.63, 3.8) is 0 Å². The van der Waals surface area contributed by atoms with Crippen LogP contribution in [-0.2, 0) is 23.7 Å². The first-order chi connectivity index (χ1) is 28.5. The number of hydrogen-bond acceptors (Lipinski definition) is 13. The average Bonchev–Trinajstić information content (AvgIpc) is 3.67. The van der Waals surface area contributed by atoms with Crippen LogP contribution >= 0.6 is 0 Å². The van der Waals surface area contributed by atoms with Gasteiger partial charge in [-0.15, -0.1) is 0 Å². The van der Waals surface area contributed by atoms with Crippen LogP contribution in [0.3, 0.4) is 0 Å². The van der Waals surface area contributed by atoms with Crippen LogP contribution in [0.1, 0.15) is 78.8 Å². The Balaban J connectivity index is 1.92. The number of oxazole rings is 1. The Morgan fingerprint density at radius 2 is 1.45 bits per heavy atom. The summed E-state index contributed by atoms with van der Waals surface area (Å²) in [6, 6.07) is 0. The SMILES string of the molecule is COC1C(O)C(C)OC(OC2C=CC=Cc3coc(n3)C(C)C(O)CC(O)C=CC=CC=CC(C)C(C(C)C(O)CC(C)O)OC(=O)C=CC=CC=CC(C)=CC2C)C1O. The largest absolute Gasteiger partial charge is 0.458 e. The average molecular weight is 838 g/mol. The lowest BCUT2D eigenvalue weighted by Gasteiger charge is -2.42. The van der Waals surface area contributed by atoms with E-state index in [-0.39, 0.29) is 24.7 Å². The van der Waals surface area contributed by atoms with E-state index >= 15 is 0 Å². The third-order valence-corrected chi connectivity index (χ3v) is 10.5. The standard InChI is InChI=1S/C47H67NO12/c1-29-19-13-9-12-16-24-41(53)60-44(33(5)38(51)26-32(4)49)30(2)20-14-10-11-15-22-37(50)27-39(52)34(6)46-48-36(28-57-46)21-17-18-23-40(31(3)25-29)59-47-43(55)45(56-8)42(54)35(7)58-47/h9-25,28,30-35,37-40,42-45,47,49-52,54-55H,26-27H2,1-8H3. The number of carbonyl (C=O) groups is 1. The Kier molecular flexibility index (Phi) is 21.5. The maximum Gasteiger partial charge on any atom is 0.331 e. The van der Waals surface area contributed by atoms with Crippen LogP contribution < -0.4 is 0 Å². The number of ether oxygens (including phenoxy) is 4. The normalized spacial score (nSPS) is 33.4. The van der Waals surface area contributed by atoms with Gasteiger partial charge in [-0.2, -0.15) is 0 Å². The summed E-state index contributed by atoms with van der Waals surface area (Å²) in [6.07, 6.45) is 21.4. The summed E-state index contributed by atoms with van der Waals surface area (Å²) >= 11 is 0. The molecule has 15 unspecified atom stereocenters. The summed E-state index contributed by atoms with van der Waals surface area (Å²) in [4.78, 5) is 17.5. The molecule has 1 saturated heterocycles. The van der Waals surface area contributed by atoms with Crippen molar-refractivity contribution in [3.8, 4) is 0 Å². The Morgan fingerprint density at radius 3 is 2.13 bits per heavy atom. The summed E-state index contributed by atoms with van der Waals surface area (Å²) < 4.78 is 29.1. The Hall–Kier alpha value is -4.02. The molecule has 0 spiro atoms. The van der Waals surface area contributed by atoms with Crippen molar-refractivity contribution in [1.29, 1.82) is 0 Å². The number of aromatic nitrogens is 1. The molecule has 3 heterocycles. The fourth-order valence-corrected chi connectivity index (χ4v) is 6.85. The summed E-state index contributed by atoms with van der Waals surface area (Å²) in [5, 5.41) is 63.6. The minimum absolute atomic E-state index is 0.0458. The zero-order valence-corrected chi connectivity index (χ0v) is 36.0. The zero-order valence-electron chi connectivity index (χ0n) is 36.0. The van der Waals surface area contributed by atoms with Crippen LogP contribution in [-0.4, -0.2) is 116 Å². The zero-order chi connectivity index (χ0) is 44.4. The molecule has 0 saturated carbocycles. The van der Waals surface area contributed by atoms with Gasteiger partial charge in [0.2, 0.25) is 0 Å². The predicted octanol–water partition coefficient (Wildman–Crippen LogP) is 5.58. The highest BCUT2D eigenvalue weighted by Gasteiger charge is 2.44. The molecule has 6 N–H and O–H groups in total. The van der Waals surface area contributed by atoms with Crippen LogP contribution in [0, 0.1) is 17.8 Å². The maximum atomic E-state index is 12.9. The minimum Gasteiger partial charge on any atom is -0.458 e. The quantitative estimate of drug-likeness (QED) is 0.186. The molecular formula is C47H67NO12. The lowest BCUT2D eigenvalue weighted by atomic mass is 9.86. The molecule has 13 heteroatoms. The van der Waals surface area contributed by atoms with E-state index in [1.165, 1.54) is 19.4 Å². The summed E-state index contributed by atoms with van der Waals surface area (Å²) in [5.41, 5.74) is 1.43. The smallest absolute Gasteiger partial charge is 0.331 e. The second-order valence-electron chi connectivity index (χ2n) is 15.8. The van der Waals surface area contributed by atoms with Gasteiger partial charge in [0.1, 0.15) is 36.4 Å². The van der Waals surface area contributed by atoms with Gasteiger partial charge in [-0.25, -0.2) is 9.78 Å². The number of aliphatic hydroxyl groups is 6. The van der Waals surface area contributed by atoms with Crippen LogP contribution in [0.4, 0.5) is 0 Å². The monoisotopic (exact) mass is 837 g/mol. The summed E-state index contributed by atoms with van der Waals surface area (Å²) in [5.74, 6) is -1.80. The van der Waals surface area contributed by atoms with Crippen LogP contribution in [0.25, 0.3) is 6.08 Å². The number of nitrogens with zero attached hydrogens (tertiary/aromatic N) is 1. The predicted molar refractivity (Wildman–Crippen MR) is 230 cm³/mol. The number of carbonyl (C=O) groups excluding carboxylic acids is 1. The van der Waals surface area contributed by atoms with Crippen LogP contribution in [0.15, 0.2) is 113 Å². The van der Waals surface area contributed by atoms with Gasteiger partial charge in [0.25, 0.3) is 0 Å². The summed E-state index contributed by atoms with van der Waals surface area (Å²) in [7, 11) is 1.41. The van der Waals surface area contributed by atoms with Crippen molar-refractivity contribution < 1.29 is 58.8 Å². The van der Waals surface area contributed by atoms with Crippen molar-refractivity contribution >= 4 is 12.0 Å². The van der Waals surface area contributed by atoms with Crippen molar-refractivity contribution in [3.05, 3.63) is 121 Å².